The highest BCUT2D eigenvalue weighted by Crippen LogP contribution is 2.25. The highest BCUT2D eigenvalue weighted by molar-refractivity contribution is 7.84. The lowest BCUT2D eigenvalue weighted by atomic mass is 9.95. The van der Waals surface area contributed by atoms with Crippen molar-refractivity contribution in [3.05, 3.63) is 0 Å². The number of hydrogen-bond donors (Lipinski definition) is 1. The predicted molar refractivity (Wildman–Crippen MR) is 56.1 cm³/mol. The third kappa shape index (κ3) is 4.23. The highest BCUT2D eigenvalue weighted by atomic mass is 32.2. The monoisotopic (exact) mass is 204 g/mol. The Morgan fingerprint density at radius 3 is 2.69 bits per heavy atom. The maximum Gasteiger partial charge on any atom is 0.0568 e. The zero-order valence-electron chi connectivity index (χ0n) is 8.37. The summed E-state index contributed by atoms with van der Waals surface area (Å²) in [5.41, 5.74) is 0. The molecule has 0 bridgehead atoms. The molecule has 1 rings (SSSR count). The molecule has 1 N–H and O–H groups in total. The minimum atomic E-state index is -0.699. The van der Waals surface area contributed by atoms with E-state index in [2.05, 4.69) is 0 Å². The predicted octanol–water partition coefficient (Wildman–Crippen LogP) is 1.70. The quantitative estimate of drug-likeness (QED) is 0.710. The van der Waals surface area contributed by atoms with Gasteiger partial charge in [0.05, 0.1) is 6.10 Å². The number of aliphatic hydroxyl groups excluding tert-OH is 1. The first-order chi connectivity index (χ1) is 6.20. The van der Waals surface area contributed by atoms with E-state index >= 15 is 0 Å². The average Bonchev–Trinajstić information content (AvgIpc) is 2.27. The summed E-state index contributed by atoms with van der Waals surface area (Å²) in [5, 5.41) is 9.76. The van der Waals surface area contributed by atoms with E-state index in [1.54, 1.807) is 6.26 Å². The van der Waals surface area contributed by atoms with E-state index in [9.17, 15) is 9.32 Å². The molecular weight excluding hydrogens is 184 g/mol. The smallest absolute Gasteiger partial charge is 0.0568 e. The topological polar surface area (TPSA) is 37.3 Å². The van der Waals surface area contributed by atoms with Crippen LogP contribution in [0, 0.1) is 5.92 Å². The van der Waals surface area contributed by atoms with Crippen LogP contribution in [0.15, 0.2) is 0 Å². The Morgan fingerprint density at radius 2 is 2.00 bits per heavy atom. The molecule has 2 nitrogen and oxygen atoms in total. The van der Waals surface area contributed by atoms with Crippen LogP contribution in [-0.2, 0) is 10.8 Å². The molecule has 3 unspecified atom stereocenters. The van der Waals surface area contributed by atoms with Gasteiger partial charge in [-0.05, 0) is 25.2 Å². The Hall–Kier alpha value is 0.110. The van der Waals surface area contributed by atoms with Crippen molar-refractivity contribution in [2.24, 2.45) is 5.92 Å². The van der Waals surface area contributed by atoms with Gasteiger partial charge in [-0.25, -0.2) is 0 Å². The summed E-state index contributed by atoms with van der Waals surface area (Å²) >= 11 is 0. The van der Waals surface area contributed by atoms with Crippen molar-refractivity contribution in [1.82, 2.24) is 0 Å². The van der Waals surface area contributed by atoms with Crippen LogP contribution in [-0.4, -0.2) is 27.4 Å². The molecule has 1 aliphatic carbocycles. The maximum absolute atomic E-state index is 10.9. The first kappa shape index (κ1) is 11.2. The molecule has 0 aromatic carbocycles. The standard InChI is InChI=1S/C10H20O2S/c1-13(12)8-7-9-5-3-2-4-6-10(9)11/h9-11H,2-8H2,1H3. The summed E-state index contributed by atoms with van der Waals surface area (Å²) in [4.78, 5) is 0. The van der Waals surface area contributed by atoms with Crippen molar-refractivity contribution < 1.29 is 9.32 Å². The number of rotatable bonds is 3. The fraction of sp³-hybridized carbons (Fsp3) is 1.00. The largest absolute Gasteiger partial charge is 0.393 e. The summed E-state index contributed by atoms with van der Waals surface area (Å²) in [6.07, 6.45) is 8.26. The molecule has 0 saturated heterocycles. The molecule has 78 valence electrons. The van der Waals surface area contributed by atoms with Crippen LogP contribution in [0.4, 0.5) is 0 Å². The molecule has 0 aromatic heterocycles. The van der Waals surface area contributed by atoms with Crippen molar-refractivity contribution in [2.75, 3.05) is 12.0 Å². The molecule has 0 aromatic rings. The average molecular weight is 204 g/mol. The van der Waals surface area contributed by atoms with E-state index in [1.807, 2.05) is 0 Å². The summed E-state index contributed by atoms with van der Waals surface area (Å²) < 4.78 is 10.9. The molecule has 13 heavy (non-hydrogen) atoms. The van der Waals surface area contributed by atoms with Gasteiger partial charge in [-0.15, -0.1) is 0 Å². The first-order valence-electron chi connectivity index (χ1n) is 5.18. The lowest BCUT2D eigenvalue weighted by Gasteiger charge is -2.19. The van der Waals surface area contributed by atoms with E-state index in [0.29, 0.717) is 5.92 Å². The van der Waals surface area contributed by atoms with Crippen molar-refractivity contribution in [3.63, 3.8) is 0 Å². The molecular formula is C10H20O2S. The molecule has 3 atom stereocenters. The van der Waals surface area contributed by atoms with Crippen molar-refractivity contribution in [2.45, 2.75) is 44.6 Å². The molecule has 0 spiro atoms. The Balaban J connectivity index is 2.31. The highest BCUT2D eigenvalue weighted by Gasteiger charge is 2.21. The van der Waals surface area contributed by atoms with Gasteiger partial charge in [0.25, 0.3) is 0 Å². The fourth-order valence-electron chi connectivity index (χ4n) is 2.02. The van der Waals surface area contributed by atoms with Gasteiger partial charge in [0.1, 0.15) is 0 Å². The molecule has 1 fully saturated rings. The van der Waals surface area contributed by atoms with Crippen molar-refractivity contribution in [3.8, 4) is 0 Å². The lowest BCUT2D eigenvalue weighted by molar-refractivity contribution is 0.0990. The van der Waals surface area contributed by atoms with Crippen LogP contribution in [0.3, 0.4) is 0 Å². The first-order valence-corrected chi connectivity index (χ1v) is 6.91. The molecule has 3 heteroatoms. The molecule has 0 radical (unpaired) electrons. The van der Waals surface area contributed by atoms with Crippen LogP contribution in [0.25, 0.3) is 0 Å². The zero-order valence-corrected chi connectivity index (χ0v) is 9.18. The molecule has 0 amide bonds. The van der Waals surface area contributed by atoms with Crippen LogP contribution in [0.1, 0.15) is 38.5 Å². The SMILES string of the molecule is CS(=O)CCC1CCCCCC1O. The van der Waals surface area contributed by atoms with Gasteiger partial charge < -0.3 is 5.11 Å². The van der Waals surface area contributed by atoms with Crippen LogP contribution in [0.5, 0.6) is 0 Å². The van der Waals surface area contributed by atoms with E-state index in [4.69, 9.17) is 0 Å². The lowest BCUT2D eigenvalue weighted by Crippen LogP contribution is -2.20. The Bertz CT molecular complexity index is 170. The molecule has 1 saturated carbocycles. The van der Waals surface area contributed by atoms with E-state index in [0.717, 1.165) is 31.4 Å². The van der Waals surface area contributed by atoms with E-state index in [-0.39, 0.29) is 6.10 Å². The summed E-state index contributed by atoms with van der Waals surface area (Å²) in [7, 11) is -0.699. The van der Waals surface area contributed by atoms with E-state index in [1.165, 1.54) is 12.8 Å². The minimum absolute atomic E-state index is 0.133. The van der Waals surface area contributed by atoms with Gasteiger partial charge in [-0.3, -0.25) is 4.21 Å². The summed E-state index contributed by atoms with van der Waals surface area (Å²) in [6.45, 7) is 0. The number of hydrogen-bond acceptors (Lipinski definition) is 2. The normalized spacial score (nSPS) is 32.5. The third-order valence-electron chi connectivity index (χ3n) is 2.90. The van der Waals surface area contributed by atoms with Gasteiger partial charge in [0, 0.05) is 22.8 Å². The van der Waals surface area contributed by atoms with Gasteiger partial charge in [-0.2, -0.15) is 0 Å². The second-order valence-electron chi connectivity index (χ2n) is 4.03. The Kier molecular flexibility index (Phi) is 4.96. The second kappa shape index (κ2) is 5.76. The van der Waals surface area contributed by atoms with Gasteiger partial charge in [0.2, 0.25) is 0 Å². The molecule has 0 heterocycles. The molecule has 1 aliphatic rings. The second-order valence-corrected chi connectivity index (χ2v) is 5.59. The number of aliphatic hydroxyl groups is 1. The zero-order chi connectivity index (χ0) is 9.68. The van der Waals surface area contributed by atoms with Gasteiger partial charge in [-0.1, -0.05) is 19.3 Å². The van der Waals surface area contributed by atoms with E-state index < -0.39 is 10.8 Å². The van der Waals surface area contributed by atoms with Crippen LogP contribution >= 0.6 is 0 Å². The summed E-state index contributed by atoms with van der Waals surface area (Å²) in [6, 6.07) is 0. The Morgan fingerprint density at radius 1 is 1.31 bits per heavy atom. The van der Waals surface area contributed by atoms with Crippen LogP contribution < -0.4 is 0 Å². The fourth-order valence-corrected chi connectivity index (χ4v) is 2.65. The van der Waals surface area contributed by atoms with Crippen molar-refractivity contribution >= 4 is 10.8 Å². The summed E-state index contributed by atoms with van der Waals surface area (Å²) in [5.74, 6) is 1.16. The third-order valence-corrected chi connectivity index (χ3v) is 3.71. The molecule has 0 aliphatic heterocycles. The minimum Gasteiger partial charge on any atom is -0.393 e. The van der Waals surface area contributed by atoms with Crippen molar-refractivity contribution in [1.29, 1.82) is 0 Å². The Labute approximate surface area is 83.2 Å². The maximum atomic E-state index is 10.9. The van der Waals surface area contributed by atoms with Gasteiger partial charge >= 0.3 is 0 Å². The van der Waals surface area contributed by atoms with Gasteiger partial charge in [0.15, 0.2) is 0 Å². The van der Waals surface area contributed by atoms with Crippen LogP contribution in [0.2, 0.25) is 0 Å².